The number of methoxy groups -OCH3 is 1. The summed E-state index contributed by atoms with van der Waals surface area (Å²) in [5, 5.41) is 0.675. The van der Waals surface area contributed by atoms with E-state index >= 15 is 0 Å². The van der Waals surface area contributed by atoms with Gasteiger partial charge in [-0.2, -0.15) is 0 Å². The van der Waals surface area contributed by atoms with Crippen molar-refractivity contribution < 1.29 is 14.3 Å². The first-order chi connectivity index (χ1) is 9.63. The molecule has 0 N–H and O–H groups in total. The van der Waals surface area contributed by atoms with Crippen LogP contribution in [-0.2, 0) is 6.61 Å². The third kappa shape index (κ3) is 3.31. The Labute approximate surface area is 123 Å². The number of halogens is 1. The molecule has 0 bridgehead atoms. The molecule has 0 saturated carbocycles. The molecule has 0 aliphatic heterocycles. The fourth-order valence-electron chi connectivity index (χ4n) is 1.80. The van der Waals surface area contributed by atoms with Crippen molar-refractivity contribution in [3.63, 3.8) is 0 Å². The summed E-state index contributed by atoms with van der Waals surface area (Å²) in [6.45, 7) is 2.33. The Balaban J connectivity index is 2.16. The minimum Gasteiger partial charge on any atom is -0.493 e. The van der Waals surface area contributed by atoms with Gasteiger partial charge in [0.15, 0.2) is 11.5 Å². The molecular weight excluding hydrogens is 276 g/mol. The fourth-order valence-corrected chi connectivity index (χ4v) is 2.09. The smallest absolute Gasteiger partial charge is 0.161 e. The second-order valence-corrected chi connectivity index (χ2v) is 4.82. The van der Waals surface area contributed by atoms with E-state index in [1.165, 1.54) is 7.11 Å². The Morgan fingerprint density at radius 3 is 2.60 bits per heavy atom. The molecule has 2 rings (SSSR count). The summed E-state index contributed by atoms with van der Waals surface area (Å²) >= 11 is 6.16. The molecule has 2 aromatic carbocycles. The molecule has 3 nitrogen and oxygen atoms in total. The molecule has 0 saturated heterocycles. The van der Waals surface area contributed by atoms with E-state index in [2.05, 4.69) is 0 Å². The maximum atomic E-state index is 10.7. The molecular formula is C16H15ClO3. The van der Waals surface area contributed by atoms with Crippen LogP contribution in [-0.4, -0.2) is 13.4 Å². The highest BCUT2D eigenvalue weighted by atomic mass is 35.5. The van der Waals surface area contributed by atoms with Crippen LogP contribution in [0, 0.1) is 6.92 Å². The van der Waals surface area contributed by atoms with Crippen LogP contribution in [0.3, 0.4) is 0 Å². The Morgan fingerprint density at radius 1 is 1.15 bits per heavy atom. The molecule has 0 fully saturated rings. The van der Waals surface area contributed by atoms with Crippen molar-refractivity contribution in [3.8, 4) is 11.5 Å². The maximum absolute atomic E-state index is 10.7. The number of aldehydes is 1. The van der Waals surface area contributed by atoms with Crippen molar-refractivity contribution in [3.05, 3.63) is 58.1 Å². The SMILES string of the molecule is COc1cc(C=O)ccc1OCc1ccc(C)cc1Cl. The van der Waals surface area contributed by atoms with E-state index in [1.807, 2.05) is 25.1 Å². The van der Waals surface area contributed by atoms with Gasteiger partial charge in [0, 0.05) is 16.1 Å². The lowest BCUT2D eigenvalue weighted by Gasteiger charge is -2.12. The number of carbonyl (C=O) groups excluding carboxylic acids is 1. The quantitative estimate of drug-likeness (QED) is 0.779. The van der Waals surface area contributed by atoms with Gasteiger partial charge < -0.3 is 9.47 Å². The van der Waals surface area contributed by atoms with Crippen molar-refractivity contribution in [1.29, 1.82) is 0 Å². The van der Waals surface area contributed by atoms with Gasteiger partial charge in [0.1, 0.15) is 12.9 Å². The highest BCUT2D eigenvalue weighted by Gasteiger charge is 2.07. The second-order valence-electron chi connectivity index (χ2n) is 4.41. The molecule has 2 aromatic rings. The lowest BCUT2D eigenvalue weighted by molar-refractivity contribution is 0.112. The third-order valence-corrected chi connectivity index (χ3v) is 3.27. The van der Waals surface area contributed by atoms with Gasteiger partial charge in [0.05, 0.1) is 7.11 Å². The summed E-state index contributed by atoms with van der Waals surface area (Å²) in [4.78, 5) is 10.7. The molecule has 0 radical (unpaired) electrons. The summed E-state index contributed by atoms with van der Waals surface area (Å²) in [7, 11) is 1.54. The van der Waals surface area contributed by atoms with E-state index in [9.17, 15) is 4.79 Å². The van der Waals surface area contributed by atoms with Gasteiger partial charge in [-0.25, -0.2) is 0 Å². The fraction of sp³-hybridized carbons (Fsp3) is 0.188. The van der Waals surface area contributed by atoms with Crippen LogP contribution in [0.5, 0.6) is 11.5 Å². The summed E-state index contributed by atoms with van der Waals surface area (Å²) in [6, 6.07) is 10.8. The number of hydrogen-bond donors (Lipinski definition) is 0. The molecule has 0 spiro atoms. The predicted molar refractivity (Wildman–Crippen MR) is 78.9 cm³/mol. The molecule has 20 heavy (non-hydrogen) atoms. The highest BCUT2D eigenvalue weighted by Crippen LogP contribution is 2.29. The van der Waals surface area contributed by atoms with E-state index in [-0.39, 0.29) is 0 Å². The first kappa shape index (κ1) is 14.4. The van der Waals surface area contributed by atoms with Crippen molar-refractivity contribution in [1.82, 2.24) is 0 Å². The normalized spacial score (nSPS) is 10.2. The summed E-state index contributed by atoms with van der Waals surface area (Å²) in [5.74, 6) is 1.10. The highest BCUT2D eigenvalue weighted by molar-refractivity contribution is 6.31. The topological polar surface area (TPSA) is 35.5 Å². The molecule has 0 aromatic heterocycles. The van der Waals surface area contributed by atoms with E-state index < -0.39 is 0 Å². The van der Waals surface area contributed by atoms with Gasteiger partial charge in [-0.3, -0.25) is 4.79 Å². The van der Waals surface area contributed by atoms with Gasteiger partial charge >= 0.3 is 0 Å². The van der Waals surface area contributed by atoms with Gasteiger partial charge in [-0.1, -0.05) is 23.7 Å². The lowest BCUT2D eigenvalue weighted by atomic mass is 10.1. The van der Waals surface area contributed by atoms with Crippen LogP contribution in [0.1, 0.15) is 21.5 Å². The summed E-state index contributed by atoms with van der Waals surface area (Å²) < 4.78 is 10.9. The number of aryl methyl sites for hydroxylation is 1. The largest absolute Gasteiger partial charge is 0.493 e. The molecule has 0 unspecified atom stereocenters. The maximum Gasteiger partial charge on any atom is 0.161 e. The first-order valence-corrected chi connectivity index (χ1v) is 6.53. The zero-order valence-corrected chi connectivity index (χ0v) is 12.1. The van der Waals surface area contributed by atoms with E-state index in [1.54, 1.807) is 18.2 Å². The number of ether oxygens (including phenoxy) is 2. The predicted octanol–water partition coefficient (Wildman–Crippen LogP) is 4.05. The Morgan fingerprint density at radius 2 is 1.95 bits per heavy atom. The number of carbonyl (C=O) groups is 1. The monoisotopic (exact) mass is 290 g/mol. The zero-order valence-electron chi connectivity index (χ0n) is 11.4. The Kier molecular flexibility index (Phi) is 4.64. The molecule has 0 aliphatic carbocycles. The molecule has 104 valence electrons. The van der Waals surface area contributed by atoms with Gasteiger partial charge in [-0.05, 0) is 36.8 Å². The van der Waals surface area contributed by atoms with Crippen LogP contribution in [0.2, 0.25) is 5.02 Å². The van der Waals surface area contributed by atoms with Gasteiger partial charge in [-0.15, -0.1) is 0 Å². The van der Waals surface area contributed by atoms with Gasteiger partial charge in [0.2, 0.25) is 0 Å². The minimum atomic E-state index is 0.343. The van der Waals surface area contributed by atoms with Crippen LogP contribution >= 0.6 is 11.6 Å². The number of rotatable bonds is 5. The molecule has 0 amide bonds. The Bertz CT molecular complexity index is 623. The van der Waals surface area contributed by atoms with E-state index in [0.29, 0.717) is 28.7 Å². The summed E-state index contributed by atoms with van der Waals surface area (Å²) in [6.07, 6.45) is 0.767. The number of benzene rings is 2. The van der Waals surface area contributed by atoms with Crippen molar-refractivity contribution in [2.45, 2.75) is 13.5 Å². The average Bonchev–Trinajstić information content (AvgIpc) is 2.46. The van der Waals surface area contributed by atoms with Crippen molar-refractivity contribution in [2.75, 3.05) is 7.11 Å². The van der Waals surface area contributed by atoms with E-state index in [0.717, 1.165) is 17.4 Å². The van der Waals surface area contributed by atoms with Crippen LogP contribution in [0.15, 0.2) is 36.4 Å². The van der Waals surface area contributed by atoms with Crippen LogP contribution in [0.4, 0.5) is 0 Å². The standard InChI is InChI=1S/C16H15ClO3/c1-11-3-5-13(14(17)7-11)10-20-15-6-4-12(9-18)8-16(15)19-2/h3-9H,10H2,1-2H3. The summed E-state index contributed by atoms with van der Waals surface area (Å²) in [5.41, 5.74) is 2.55. The van der Waals surface area contributed by atoms with Crippen molar-refractivity contribution in [2.24, 2.45) is 0 Å². The number of hydrogen-bond acceptors (Lipinski definition) is 3. The molecule has 0 atom stereocenters. The lowest BCUT2D eigenvalue weighted by Crippen LogP contribution is -1.99. The molecule has 4 heteroatoms. The third-order valence-electron chi connectivity index (χ3n) is 2.92. The van der Waals surface area contributed by atoms with Crippen LogP contribution in [0.25, 0.3) is 0 Å². The average molecular weight is 291 g/mol. The van der Waals surface area contributed by atoms with Crippen LogP contribution < -0.4 is 9.47 Å². The van der Waals surface area contributed by atoms with Crippen molar-refractivity contribution >= 4 is 17.9 Å². The van der Waals surface area contributed by atoms with E-state index in [4.69, 9.17) is 21.1 Å². The second kappa shape index (κ2) is 6.44. The zero-order chi connectivity index (χ0) is 14.5. The Hall–Kier alpha value is -2.00. The molecule has 0 aliphatic rings. The minimum absolute atomic E-state index is 0.343. The van der Waals surface area contributed by atoms with Gasteiger partial charge in [0.25, 0.3) is 0 Å². The molecule has 0 heterocycles. The first-order valence-electron chi connectivity index (χ1n) is 6.15.